The van der Waals surface area contributed by atoms with E-state index in [1.807, 2.05) is 0 Å². The summed E-state index contributed by atoms with van der Waals surface area (Å²) in [4.78, 5) is 0. The molecule has 292 valence electrons. The van der Waals surface area contributed by atoms with Crippen LogP contribution in [0.5, 0.6) is 5.75 Å². The van der Waals surface area contributed by atoms with Crippen LogP contribution in [0.3, 0.4) is 0 Å². The average Bonchev–Trinajstić information content (AvgIpc) is 3.98. The monoisotopic (exact) mass is 782 g/mol. The average molecular weight is 783 g/mol. The summed E-state index contributed by atoms with van der Waals surface area (Å²) in [5.41, 5.74) is 24.2. The number of benzene rings is 8. The molecule has 0 fully saturated rings. The number of hydrogen-bond donors (Lipinski definition) is 0. The van der Waals surface area contributed by atoms with Gasteiger partial charge in [-0.2, -0.15) is 0 Å². The van der Waals surface area contributed by atoms with E-state index in [-0.39, 0.29) is 28.8 Å². The Morgan fingerprint density at radius 2 is 1.11 bits per heavy atom. The molecule has 61 heavy (non-hydrogen) atoms. The SMILES string of the molecule is CC1(C)c2ccccc2-c2ccc(C3=c4ccccc4=CC4c5ccc(C(c6ccc7c(c6)C(C)(C)c6ccccc6-7)c6cccc7c6Cc6ccccc6-7)cc5OC34)cc21. The molecular weight excluding hydrogens is 737 g/mol. The highest BCUT2D eigenvalue weighted by molar-refractivity contribution is 5.86. The fourth-order valence-electron chi connectivity index (χ4n) is 12.2. The molecule has 4 aliphatic carbocycles. The molecule has 0 bridgehead atoms. The van der Waals surface area contributed by atoms with E-state index >= 15 is 0 Å². The number of rotatable bonds is 4. The predicted molar refractivity (Wildman–Crippen MR) is 250 cm³/mol. The topological polar surface area (TPSA) is 9.23 Å². The summed E-state index contributed by atoms with van der Waals surface area (Å²) in [6.45, 7) is 9.53. The van der Waals surface area contributed by atoms with E-state index in [1.165, 1.54) is 111 Å². The standard InChI is InChI=1S/C60H46O/c1-59(2)51-22-11-9-18-43(51)45-27-24-37(32-53(45)59)56(48-21-13-20-42-40-16-7-5-14-35(40)30-49(42)48)39-26-29-47-50-31-36-15-6-8-17-41(36)57(58(50)61-55(47)34-39)38-25-28-46-44-19-10-12-23-52(44)60(3,4)54(46)33-38/h5-29,31-34,50,56,58H,30H2,1-4H3. The minimum absolute atomic E-state index is 0.0239. The lowest BCUT2D eigenvalue weighted by molar-refractivity contribution is 0.281. The molecule has 0 N–H and O–H groups in total. The zero-order chi connectivity index (χ0) is 40.8. The fraction of sp³-hybridized carbons (Fsp3) is 0.167. The summed E-state index contributed by atoms with van der Waals surface area (Å²) in [6, 6.07) is 64.5. The van der Waals surface area contributed by atoms with Gasteiger partial charge in [-0.05, 0) is 118 Å². The van der Waals surface area contributed by atoms with Gasteiger partial charge in [0.05, 0.1) is 0 Å². The summed E-state index contributed by atoms with van der Waals surface area (Å²) in [7, 11) is 0. The second kappa shape index (κ2) is 12.4. The minimum Gasteiger partial charge on any atom is -0.484 e. The Labute approximate surface area is 358 Å². The lowest BCUT2D eigenvalue weighted by Gasteiger charge is -2.26. The van der Waals surface area contributed by atoms with Gasteiger partial charge in [-0.15, -0.1) is 0 Å². The van der Waals surface area contributed by atoms with Gasteiger partial charge < -0.3 is 4.74 Å². The first kappa shape index (κ1) is 35.1. The first-order valence-corrected chi connectivity index (χ1v) is 22.1. The molecule has 0 spiro atoms. The molecule has 8 aromatic rings. The van der Waals surface area contributed by atoms with Gasteiger partial charge in [0.1, 0.15) is 11.9 Å². The molecule has 3 unspecified atom stereocenters. The molecule has 5 aliphatic rings. The summed E-state index contributed by atoms with van der Waals surface area (Å²) in [6.07, 6.45) is 3.28. The number of hydrogen-bond acceptors (Lipinski definition) is 1. The Balaban J connectivity index is 0.959. The third kappa shape index (κ3) is 4.84. The van der Waals surface area contributed by atoms with Crippen LogP contribution >= 0.6 is 0 Å². The van der Waals surface area contributed by atoms with Crippen LogP contribution in [-0.4, -0.2) is 6.10 Å². The van der Waals surface area contributed by atoms with Crippen LogP contribution < -0.4 is 15.2 Å². The van der Waals surface area contributed by atoms with Crippen molar-refractivity contribution in [1.82, 2.24) is 0 Å². The van der Waals surface area contributed by atoms with E-state index in [0.717, 1.165) is 12.2 Å². The van der Waals surface area contributed by atoms with Gasteiger partial charge in [-0.1, -0.05) is 191 Å². The van der Waals surface area contributed by atoms with E-state index < -0.39 is 0 Å². The first-order chi connectivity index (χ1) is 29.8. The van der Waals surface area contributed by atoms with Crippen molar-refractivity contribution in [3.05, 3.63) is 241 Å². The molecule has 1 heterocycles. The van der Waals surface area contributed by atoms with Crippen molar-refractivity contribution in [2.45, 2.75) is 62.9 Å². The Morgan fingerprint density at radius 3 is 1.90 bits per heavy atom. The Bertz CT molecular complexity index is 3340. The smallest absolute Gasteiger partial charge is 0.135 e. The largest absolute Gasteiger partial charge is 0.484 e. The third-order valence-electron chi connectivity index (χ3n) is 15.2. The van der Waals surface area contributed by atoms with Crippen LogP contribution in [0.4, 0.5) is 0 Å². The molecule has 0 aromatic heterocycles. The zero-order valence-corrected chi connectivity index (χ0v) is 35.1. The summed E-state index contributed by atoms with van der Waals surface area (Å²) >= 11 is 0. The molecular formula is C60H46O. The molecule has 0 amide bonds. The normalized spacial score (nSPS) is 18.9. The van der Waals surface area contributed by atoms with Gasteiger partial charge in [0.25, 0.3) is 0 Å². The Kier molecular flexibility index (Phi) is 7.15. The van der Waals surface area contributed by atoms with Crippen LogP contribution in [0.15, 0.2) is 170 Å². The molecule has 0 saturated carbocycles. The van der Waals surface area contributed by atoms with Crippen molar-refractivity contribution in [1.29, 1.82) is 0 Å². The van der Waals surface area contributed by atoms with Crippen molar-refractivity contribution in [2.75, 3.05) is 0 Å². The molecule has 1 aliphatic heterocycles. The van der Waals surface area contributed by atoms with Crippen LogP contribution in [0.1, 0.15) is 101 Å². The molecule has 13 rings (SSSR count). The van der Waals surface area contributed by atoms with Gasteiger partial charge >= 0.3 is 0 Å². The fourth-order valence-corrected chi connectivity index (χ4v) is 12.2. The molecule has 3 atom stereocenters. The van der Waals surface area contributed by atoms with E-state index in [1.54, 1.807) is 0 Å². The first-order valence-electron chi connectivity index (χ1n) is 22.1. The Morgan fingerprint density at radius 1 is 0.508 bits per heavy atom. The van der Waals surface area contributed by atoms with Gasteiger partial charge in [0.2, 0.25) is 0 Å². The molecule has 1 heteroatoms. The predicted octanol–water partition coefficient (Wildman–Crippen LogP) is 12.6. The number of fused-ring (bicyclic) bond motifs is 13. The Hall–Kier alpha value is -6.70. The second-order valence-electron chi connectivity index (χ2n) is 19.1. The van der Waals surface area contributed by atoms with Gasteiger partial charge in [0.15, 0.2) is 0 Å². The lowest BCUT2D eigenvalue weighted by atomic mass is 9.77. The molecule has 0 radical (unpaired) electrons. The van der Waals surface area contributed by atoms with E-state index in [9.17, 15) is 0 Å². The highest BCUT2D eigenvalue weighted by atomic mass is 16.5. The molecule has 1 nitrogen and oxygen atoms in total. The van der Waals surface area contributed by atoms with Crippen LogP contribution in [-0.2, 0) is 17.3 Å². The van der Waals surface area contributed by atoms with Crippen molar-refractivity contribution >= 4 is 11.6 Å². The van der Waals surface area contributed by atoms with Crippen LogP contribution in [0.2, 0.25) is 0 Å². The summed E-state index contributed by atoms with van der Waals surface area (Å²) in [5.74, 6) is 1.13. The van der Waals surface area contributed by atoms with Crippen LogP contribution in [0, 0.1) is 0 Å². The van der Waals surface area contributed by atoms with Gasteiger partial charge in [-0.3, -0.25) is 0 Å². The molecule has 8 aromatic carbocycles. The van der Waals surface area contributed by atoms with Crippen molar-refractivity contribution < 1.29 is 4.74 Å². The zero-order valence-electron chi connectivity index (χ0n) is 35.1. The molecule has 0 saturated heterocycles. The highest BCUT2D eigenvalue weighted by Gasteiger charge is 2.42. The third-order valence-corrected chi connectivity index (χ3v) is 15.2. The van der Waals surface area contributed by atoms with Gasteiger partial charge in [0, 0.05) is 33.8 Å². The summed E-state index contributed by atoms with van der Waals surface area (Å²) < 4.78 is 7.35. The number of ether oxygens (including phenoxy) is 1. The van der Waals surface area contributed by atoms with E-state index in [0.29, 0.717) is 0 Å². The quantitative estimate of drug-likeness (QED) is 0.162. The minimum atomic E-state index is -0.127. The van der Waals surface area contributed by atoms with Crippen molar-refractivity contribution in [3.8, 4) is 39.1 Å². The lowest BCUT2D eigenvalue weighted by Crippen LogP contribution is -2.39. The maximum atomic E-state index is 7.35. The van der Waals surface area contributed by atoms with Crippen molar-refractivity contribution in [2.24, 2.45) is 0 Å². The van der Waals surface area contributed by atoms with Crippen LogP contribution in [0.25, 0.3) is 45.0 Å². The highest BCUT2D eigenvalue weighted by Crippen LogP contribution is 2.54. The second-order valence-corrected chi connectivity index (χ2v) is 19.1. The van der Waals surface area contributed by atoms with Gasteiger partial charge in [-0.25, -0.2) is 0 Å². The van der Waals surface area contributed by atoms with E-state index in [2.05, 4.69) is 204 Å². The maximum Gasteiger partial charge on any atom is 0.135 e. The maximum absolute atomic E-state index is 7.35. The van der Waals surface area contributed by atoms with E-state index in [4.69, 9.17) is 4.74 Å². The van der Waals surface area contributed by atoms with Crippen molar-refractivity contribution in [3.63, 3.8) is 0 Å². The summed E-state index contributed by atoms with van der Waals surface area (Å²) in [5, 5.41) is 2.55.